The Morgan fingerprint density at radius 3 is 2.43 bits per heavy atom. The highest BCUT2D eigenvalue weighted by atomic mass is 19.3. The summed E-state index contributed by atoms with van der Waals surface area (Å²) < 4.78 is 24.7. The minimum absolute atomic E-state index is 0.280. The van der Waals surface area contributed by atoms with Crippen molar-refractivity contribution in [1.82, 2.24) is 5.32 Å². The second kappa shape index (κ2) is 5.06. The molecule has 4 unspecified atom stereocenters. The Morgan fingerprint density at radius 1 is 1.21 bits per heavy atom. The van der Waals surface area contributed by atoms with Crippen LogP contribution in [0.3, 0.4) is 0 Å². The van der Waals surface area contributed by atoms with Crippen molar-refractivity contribution in [2.45, 2.75) is 58.5 Å². The molecule has 3 heteroatoms. The first-order valence-corrected chi connectivity index (χ1v) is 5.56. The zero-order chi connectivity index (χ0) is 10.7. The van der Waals surface area contributed by atoms with E-state index >= 15 is 0 Å². The van der Waals surface area contributed by atoms with E-state index in [9.17, 15) is 8.78 Å². The van der Waals surface area contributed by atoms with Crippen LogP contribution in [0.4, 0.5) is 8.78 Å². The van der Waals surface area contributed by atoms with Crippen LogP contribution in [0.2, 0.25) is 0 Å². The van der Waals surface area contributed by atoms with Gasteiger partial charge in [0.2, 0.25) is 0 Å². The van der Waals surface area contributed by atoms with Crippen LogP contribution in [0.15, 0.2) is 0 Å². The summed E-state index contributed by atoms with van der Waals surface area (Å²) in [6.45, 7) is 5.95. The van der Waals surface area contributed by atoms with Gasteiger partial charge in [-0.2, -0.15) is 0 Å². The molecule has 14 heavy (non-hydrogen) atoms. The molecular formula is C11H21F2N. The molecule has 84 valence electrons. The van der Waals surface area contributed by atoms with Crippen LogP contribution in [0.5, 0.6) is 0 Å². The van der Waals surface area contributed by atoms with Crippen molar-refractivity contribution in [2.24, 2.45) is 11.8 Å². The van der Waals surface area contributed by atoms with E-state index in [4.69, 9.17) is 0 Å². The molecule has 1 N–H and O–H groups in total. The summed E-state index contributed by atoms with van der Waals surface area (Å²) in [5, 5.41) is 3.05. The summed E-state index contributed by atoms with van der Waals surface area (Å²) in [5.41, 5.74) is 0. The van der Waals surface area contributed by atoms with Crippen molar-refractivity contribution in [1.29, 1.82) is 0 Å². The number of rotatable bonds is 3. The summed E-state index contributed by atoms with van der Waals surface area (Å²) >= 11 is 0. The molecule has 0 radical (unpaired) electrons. The summed E-state index contributed by atoms with van der Waals surface area (Å²) in [6.07, 6.45) is 1.20. The fourth-order valence-electron chi connectivity index (χ4n) is 2.23. The van der Waals surface area contributed by atoms with Gasteiger partial charge in [-0.25, -0.2) is 8.78 Å². The highest BCUT2D eigenvalue weighted by Crippen LogP contribution is 2.29. The van der Waals surface area contributed by atoms with Crippen LogP contribution in [0.1, 0.15) is 40.0 Å². The van der Waals surface area contributed by atoms with Crippen LogP contribution in [-0.2, 0) is 0 Å². The third kappa shape index (κ3) is 2.91. The Kier molecular flexibility index (Phi) is 4.30. The molecule has 0 aliphatic heterocycles. The first kappa shape index (κ1) is 11.9. The quantitative estimate of drug-likeness (QED) is 0.746. The van der Waals surface area contributed by atoms with Crippen LogP contribution in [0, 0.1) is 11.8 Å². The number of hydrogen-bond donors (Lipinski definition) is 1. The molecule has 1 fully saturated rings. The average Bonchev–Trinajstić information content (AvgIpc) is 2.12. The number of nitrogens with one attached hydrogen (secondary N) is 1. The molecule has 1 aliphatic carbocycles. The molecule has 1 saturated carbocycles. The number of alkyl halides is 2. The van der Waals surface area contributed by atoms with Crippen molar-refractivity contribution < 1.29 is 8.78 Å². The predicted octanol–water partition coefficient (Wildman–Crippen LogP) is 3.05. The Morgan fingerprint density at radius 2 is 1.86 bits per heavy atom. The number of hydrogen-bond acceptors (Lipinski definition) is 1. The van der Waals surface area contributed by atoms with E-state index in [1.807, 2.05) is 0 Å². The van der Waals surface area contributed by atoms with E-state index < -0.39 is 12.5 Å². The maximum absolute atomic E-state index is 12.3. The largest absolute Gasteiger partial charge is 0.306 e. The second-order valence-electron chi connectivity index (χ2n) is 4.66. The molecule has 1 rings (SSSR count). The third-order valence-corrected chi connectivity index (χ3v) is 3.56. The van der Waals surface area contributed by atoms with Gasteiger partial charge in [-0.3, -0.25) is 0 Å². The predicted molar refractivity (Wildman–Crippen MR) is 54.6 cm³/mol. The SMILES string of the molecule is CC1CCCC(NC(C)C(F)F)C1C. The molecule has 0 heterocycles. The van der Waals surface area contributed by atoms with Crippen LogP contribution < -0.4 is 5.32 Å². The van der Waals surface area contributed by atoms with Crippen molar-refractivity contribution in [2.75, 3.05) is 0 Å². The van der Waals surface area contributed by atoms with E-state index in [0.717, 1.165) is 6.42 Å². The summed E-state index contributed by atoms with van der Waals surface area (Å²) in [5.74, 6) is 1.18. The monoisotopic (exact) mass is 205 g/mol. The second-order valence-corrected chi connectivity index (χ2v) is 4.66. The summed E-state index contributed by atoms with van der Waals surface area (Å²) in [4.78, 5) is 0. The molecule has 0 aromatic rings. The molecule has 0 aromatic heterocycles. The van der Waals surface area contributed by atoms with Gasteiger partial charge in [0.15, 0.2) is 0 Å². The summed E-state index contributed by atoms with van der Waals surface area (Å²) in [6, 6.07) is -0.393. The van der Waals surface area contributed by atoms with Crippen LogP contribution >= 0.6 is 0 Å². The molecule has 0 aromatic carbocycles. The Bertz CT molecular complexity index is 173. The minimum atomic E-state index is -2.25. The normalized spacial score (nSPS) is 36.0. The molecule has 0 amide bonds. The first-order valence-electron chi connectivity index (χ1n) is 5.56. The molecule has 1 aliphatic rings. The maximum atomic E-state index is 12.3. The lowest BCUT2D eigenvalue weighted by molar-refractivity contribution is 0.0835. The van der Waals surface area contributed by atoms with Gasteiger partial charge in [0, 0.05) is 6.04 Å². The highest BCUT2D eigenvalue weighted by Gasteiger charge is 2.29. The minimum Gasteiger partial charge on any atom is -0.306 e. The van der Waals surface area contributed by atoms with Gasteiger partial charge in [-0.15, -0.1) is 0 Å². The highest BCUT2D eigenvalue weighted by molar-refractivity contribution is 4.84. The van der Waals surface area contributed by atoms with Gasteiger partial charge < -0.3 is 5.32 Å². The van der Waals surface area contributed by atoms with Crippen LogP contribution in [-0.4, -0.2) is 18.5 Å². The maximum Gasteiger partial charge on any atom is 0.253 e. The van der Waals surface area contributed by atoms with Gasteiger partial charge in [-0.05, 0) is 25.2 Å². The van der Waals surface area contributed by atoms with E-state index in [2.05, 4.69) is 19.2 Å². The van der Waals surface area contributed by atoms with E-state index in [1.54, 1.807) is 6.92 Å². The molecule has 1 nitrogen and oxygen atoms in total. The average molecular weight is 205 g/mol. The smallest absolute Gasteiger partial charge is 0.253 e. The lowest BCUT2D eigenvalue weighted by Crippen LogP contribution is -2.47. The van der Waals surface area contributed by atoms with Crippen molar-refractivity contribution in [3.05, 3.63) is 0 Å². The summed E-state index contributed by atoms with van der Waals surface area (Å²) in [7, 11) is 0. The molecule has 0 spiro atoms. The topological polar surface area (TPSA) is 12.0 Å². The lowest BCUT2D eigenvalue weighted by Gasteiger charge is -2.36. The van der Waals surface area contributed by atoms with E-state index in [-0.39, 0.29) is 6.04 Å². The van der Waals surface area contributed by atoms with Gasteiger partial charge in [0.05, 0.1) is 6.04 Å². The van der Waals surface area contributed by atoms with Gasteiger partial charge in [-0.1, -0.05) is 26.7 Å². The first-order chi connectivity index (χ1) is 6.52. The third-order valence-electron chi connectivity index (χ3n) is 3.56. The van der Waals surface area contributed by atoms with Crippen molar-refractivity contribution >= 4 is 0 Å². The van der Waals surface area contributed by atoms with E-state index in [0.29, 0.717) is 11.8 Å². The van der Waals surface area contributed by atoms with Crippen LogP contribution in [0.25, 0.3) is 0 Å². The zero-order valence-electron chi connectivity index (χ0n) is 9.26. The fourth-order valence-corrected chi connectivity index (χ4v) is 2.23. The molecular weight excluding hydrogens is 184 g/mol. The van der Waals surface area contributed by atoms with Crippen molar-refractivity contribution in [3.63, 3.8) is 0 Å². The number of halogens is 2. The Hall–Kier alpha value is -0.180. The van der Waals surface area contributed by atoms with E-state index in [1.165, 1.54) is 12.8 Å². The Labute approximate surface area is 85.3 Å². The van der Waals surface area contributed by atoms with Gasteiger partial charge >= 0.3 is 0 Å². The molecule has 0 bridgehead atoms. The molecule has 4 atom stereocenters. The van der Waals surface area contributed by atoms with Gasteiger partial charge in [0.1, 0.15) is 0 Å². The fraction of sp³-hybridized carbons (Fsp3) is 1.00. The lowest BCUT2D eigenvalue weighted by atomic mass is 9.78. The van der Waals surface area contributed by atoms with Gasteiger partial charge in [0.25, 0.3) is 6.43 Å². The Balaban J connectivity index is 2.43. The standard InChI is InChI=1S/C11H21F2N/c1-7-5-4-6-10(8(7)2)14-9(3)11(12)13/h7-11,14H,4-6H2,1-3H3. The zero-order valence-corrected chi connectivity index (χ0v) is 9.26. The molecule has 0 saturated heterocycles. The van der Waals surface area contributed by atoms with Crippen molar-refractivity contribution in [3.8, 4) is 0 Å².